The molecule has 19 heavy (non-hydrogen) atoms. The molecule has 106 valence electrons. The molecule has 1 nitrogen and oxygen atoms in total. The zero-order valence-electron chi connectivity index (χ0n) is 10.7. The van der Waals surface area contributed by atoms with Gasteiger partial charge in [0.2, 0.25) is 0 Å². The van der Waals surface area contributed by atoms with E-state index in [1.54, 1.807) is 0 Å². The van der Waals surface area contributed by atoms with Crippen LogP contribution in [0.3, 0.4) is 0 Å². The zero-order valence-corrected chi connectivity index (χ0v) is 10.7. The van der Waals surface area contributed by atoms with Gasteiger partial charge < -0.3 is 5.32 Å². The molecule has 1 aromatic rings. The minimum atomic E-state index is -4.63. The van der Waals surface area contributed by atoms with Crippen molar-refractivity contribution in [1.82, 2.24) is 5.32 Å². The summed E-state index contributed by atoms with van der Waals surface area (Å²) in [5.74, 6) is -1.08. The molecule has 1 saturated carbocycles. The molecular weight excluding hydrogens is 258 g/mol. The van der Waals surface area contributed by atoms with Gasteiger partial charge in [-0.2, -0.15) is 13.2 Å². The van der Waals surface area contributed by atoms with Gasteiger partial charge in [0.25, 0.3) is 0 Å². The summed E-state index contributed by atoms with van der Waals surface area (Å²) in [4.78, 5) is 0. The molecule has 2 rings (SSSR count). The highest BCUT2D eigenvalue weighted by molar-refractivity contribution is 5.30. The Morgan fingerprint density at radius 1 is 1.16 bits per heavy atom. The van der Waals surface area contributed by atoms with Crippen LogP contribution < -0.4 is 5.32 Å². The summed E-state index contributed by atoms with van der Waals surface area (Å²) in [5, 5.41) is 3.17. The lowest BCUT2D eigenvalue weighted by Gasteiger charge is -2.31. The topological polar surface area (TPSA) is 12.0 Å². The standard InChI is InChI=1S/C14H17F4N/c1-19-13-5-3-2-4-10(13)9-6-7-11(12(15)8-9)14(16,17)18/h6-8,10,13,19H,2-5H2,1H3. The van der Waals surface area contributed by atoms with E-state index >= 15 is 0 Å². The molecule has 0 heterocycles. The number of rotatable bonds is 2. The van der Waals surface area contributed by atoms with Gasteiger partial charge in [-0.25, -0.2) is 4.39 Å². The number of alkyl halides is 3. The quantitative estimate of drug-likeness (QED) is 0.802. The molecule has 1 N–H and O–H groups in total. The number of benzene rings is 1. The number of nitrogens with one attached hydrogen (secondary N) is 1. The van der Waals surface area contributed by atoms with Gasteiger partial charge >= 0.3 is 6.18 Å². The Labute approximate surface area is 110 Å². The van der Waals surface area contributed by atoms with Crippen LogP contribution in [0.5, 0.6) is 0 Å². The maximum absolute atomic E-state index is 13.6. The third-order valence-electron chi connectivity index (χ3n) is 3.86. The fourth-order valence-electron chi connectivity index (χ4n) is 2.87. The molecular formula is C14H17F4N. The fourth-order valence-corrected chi connectivity index (χ4v) is 2.87. The molecule has 5 heteroatoms. The number of likely N-dealkylation sites (N-methyl/N-ethyl adjacent to an activating group) is 1. The molecule has 1 aliphatic carbocycles. The third-order valence-corrected chi connectivity index (χ3v) is 3.86. The van der Waals surface area contributed by atoms with E-state index in [1.165, 1.54) is 6.07 Å². The van der Waals surface area contributed by atoms with Crippen molar-refractivity contribution < 1.29 is 17.6 Å². The van der Waals surface area contributed by atoms with Gasteiger partial charge in [-0.1, -0.05) is 18.9 Å². The summed E-state index contributed by atoms with van der Waals surface area (Å²) in [6.45, 7) is 0. The van der Waals surface area contributed by atoms with Gasteiger partial charge in [0.15, 0.2) is 0 Å². The van der Waals surface area contributed by atoms with E-state index in [-0.39, 0.29) is 12.0 Å². The Morgan fingerprint density at radius 2 is 1.84 bits per heavy atom. The van der Waals surface area contributed by atoms with E-state index in [9.17, 15) is 17.6 Å². The highest BCUT2D eigenvalue weighted by Crippen LogP contribution is 2.36. The van der Waals surface area contributed by atoms with E-state index in [1.807, 2.05) is 7.05 Å². The van der Waals surface area contributed by atoms with E-state index in [4.69, 9.17) is 0 Å². The minimum Gasteiger partial charge on any atom is -0.316 e. The predicted octanol–water partition coefficient (Wildman–Crippen LogP) is 4.09. The van der Waals surface area contributed by atoms with E-state index in [0.717, 1.165) is 37.8 Å². The van der Waals surface area contributed by atoms with Gasteiger partial charge in [-0.3, -0.25) is 0 Å². The molecule has 1 aliphatic rings. The first-order valence-electron chi connectivity index (χ1n) is 6.47. The maximum atomic E-state index is 13.6. The fraction of sp³-hybridized carbons (Fsp3) is 0.571. The van der Waals surface area contributed by atoms with Crippen LogP contribution in [0.4, 0.5) is 17.6 Å². The molecule has 2 unspecified atom stereocenters. The highest BCUT2D eigenvalue weighted by atomic mass is 19.4. The number of halogens is 4. The van der Waals surface area contributed by atoms with Gasteiger partial charge in [-0.05, 0) is 43.5 Å². The molecule has 1 aromatic carbocycles. The molecule has 1 fully saturated rings. The van der Waals surface area contributed by atoms with Crippen molar-refractivity contribution in [3.05, 3.63) is 35.1 Å². The molecule has 0 amide bonds. The van der Waals surface area contributed by atoms with Crippen LogP contribution in [0.2, 0.25) is 0 Å². The highest BCUT2D eigenvalue weighted by Gasteiger charge is 2.35. The monoisotopic (exact) mass is 275 g/mol. The summed E-state index contributed by atoms with van der Waals surface area (Å²) in [5.41, 5.74) is -0.530. The molecule has 0 saturated heterocycles. The predicted molar refractivity (Wildman–Crippen MR) is 65.5 cm³/mol. The third kappa shape index (κ3) is 3.08. The smallest absolute Gasteiger partial charge is 0.316 e. The van der Waals surface area contributed by atoms with Crippen LogP contribution in [0, 0.1) is 5.82 Å². The normalized spacial score (nSPS) is 24.5. The van der Waals surface area contributed by atoms with Gasteiger partial charge in [0.05, 0.1) is 5.56 Å². The van der Waals surface area contributed by atoms with Crippen LogP contribution in [-0.2, 0) is 6.18 Å². The Kier molecular flexibility index (Phi) is 4.13. The first kappa shape index (κ1) is 14.3. The van der Waals surface area contributed by atoms with Crippen LogP contribution in [0.25, 0.3) is 0 Å². The summed E-state index contributed by atoms with van der Waals surface area (Å²) < 4.78 is 51.1. The lowest BCUT2D eigenvalue weighted by atomic mass is 9.80. The van der Waals surface area contributed by atoms with Gasteiger partial charge in [0, 0.05) is 6.04 Å². The summed E-state index contributed by atoms with van der Waals surface area (Å²) in [7, 11) is 1.84. The molecule has 0 aliphatic heterocycles. The van der Waals surface area contributed by atoms with Crippen LogP contribution in [0.15, 0.2) is 18.2 Å². The largest absolute Gasteiger partial charge is 0.419 e. The summed E-state index contributed by atoms with van der Waals surface area (Å²) in [6.07, 6.45) is -0.631. The van der Waals surface area contributed by atoms with Gasteiger partial charge in [0.1, 0.15) is 5.82 Å². The number of hydrogen-bond acceptors (Lipinski definition) is 1. The zero-order chi connectivity index (χ0) is 14.0. The van der Waals surface area contributed by atoms with E-state index in [2.05, 4.69) is 5.32 Å². The second kappa shape index (κ2) is 5.49. The first-order chi connectivity index (χ1) is 8.93. The van der Waals surface area contributed by atoms with Crippen molar-refractivity contribution in [2.24, 2.45) is 0 Å². The lowest BCUT2D eigenvalue weighted by Crippen LogP contribution is -2.34. The van der Waals surface area contributed by atoms with Crippen LogP contribution in [0.1, 0.15) is 42.7 Å². The Balaban J connectivity index is 2.28. The number of hydrogen-bond donors (Lipinski definition) is 1. The van der Waals surface area contributed by atoms with Crippen LogP contribution in [-0.4, -0.2) is 13.1 Å². The average Bonchev–Trinajstić information content (AvgIpc) is 2.37. The second-order valence-electron chi connectivity index (χ2n) is 5.02. The van der Waals surface area contributed by atoms with E-state index < -0.39 is 17.6 Å². The van der Waals surface area contributed by atoms with Crippen molar-refractivity contribution >= 4 is 0 Å². The first-order valence-corrected chi connectivity index (χ1v) is 6.47. The summed E-state index contributed by atoms with van der Waals surface area (Å²) in [6, 6.07) is 3.52. The van der Waals surface area contributed by atoms with Crippen molar-refractivity contribution in [1.29, 1.82) is 0 Å². The molecule has 2 atom stereocenters. The Bertz CT molecular complexity index is 442. The lowest BCUT2D eigenvalue weighted by molar-refractivity contribution is -0.140. The van der Waals surface area contributed by atoms with E-state index in [0.29, 0.717) is 5.56 Å². The van der Waals surface area contributed by atoms with Crippen LogP contribution >= 0.6 is 0 Å². The molecule has 0 bridgehead atoms. The minimum absolute atomic E-state index is 0.0931. The van der Waals surface area contributed by atoms with Crippen molar-refractivity contribution in [2.45, 2.75) is 43.8 Å². The molecule has 0 aromatic heterocycles. The average molecular weight is 275 g/mol. The van der Waals surface area contributed by atoms with Crippen molar-refractivity contribution in [3.8, 4) is 0 Å². The Hall–Kier alpha value is -1.10. The summed E-state index contributed by atoms with van der Waals surface area (Å²) >= 11 is 0. The molecule has 0 radical (unpaired) electrons. The molecule has 0 spiro atoms. The van der Waals surface area contributed by atoms with Gasteiger partial charge in [-0.15, -0.1) is 0 Å². The second-order valence-corrected chi connectivity index (χ2v) is 5.02. The van der Waals surface area contributed by atoms with Crippen molar-refractivity contribution in [3.63, 3.8) is 0 Å². The Morgan fingerprint density at radius 3 is 2.42 bits per heavy atom. The van der Waals surface area contributed by atoms with Crippen molar-refractivity contribution in [2.75, 3.05) is 7.05 Å². The SMILES string of the molecule is CNC1CCCCC1c1ccc(C(F)(F)F)c(F)c1. The maximum Gasteiger partial charge on any atom is 0.419 e.